The fourth-order valence-corrected chi connectivity index (χ4v) is 4.51. The molecular weight excluding hydrogens is 367 g/mol. The van der Waals surface area contributed by atoms with Crippen LogP contribution in [0.15, 0.2) is 53.4 Å². The van der Waals surface area contributed by atoms with Gasteiger partial charge in [-0.1, -0.05) is 12.1 Å². The fraction of sp³-hybridized carbons (Fsp3) is 0.400. The molecule has 0 aromatic heterocycles. The van der Waals surface area contributed by atoms with Gasteiger partial charge in [0.05, 0.1) is 11.0 Å². The molecule has 1 aliphatic heterocycles. The van der Waals surface area contributed by atoms with Crippen molar-refractivity contribution in [2.45, 2.75) is 31.4 Å². The highest BCUT2D eigenvalue weighted by molar-refractivity contribution is 7.89. The summed E-state index contributed by atoms with van der Waals surface area (Å²) < 4.78 is 45.8. The van der Waals surface area contributed by atoms with Crippen LogP contribution in [-0.2, 0) is 16.6 Å². The molecule has 3 rings (SSSR count). The van der Waals surface area contributed by atoms with Gasteiger partial charge in [0.25, 0.3) is 0 Å². The first-order valence-electron chi connectivity index (χ1n) is 9.08. The third-order valence-corrected chi connectivity index (χ3v) is 6.40. The van der Waals surface area contributed by atoms with E-state index in [1.165, 1.54) is 16.4 Å². The molecule has 1 heterocycles. The first-order chi connectivity index (χ1) is 12.8. The maximum atomic E-state index is 13.0. The SMILES string of the molecule is CC(C)Oc1ccc(S(=O)(=O)N2CCN(Cc3ccc(F)cc3)CC2)cc1. The van der Waals surface area contributed by atoms with Gasteiger partial charge >= 0.3 is 0 Å². The number of rotatable bonds is 6. The lowest BCUT2D eigenvalue weighted by molar-refractivity contribution is 0.181. The van der Waals surface area contributed by atoms with E-state index in [9.17, 15) is 12.8 Å². The first kappa shape index (κ1) is 19.8. The smallest absolute Gasteiger partial charge is 0.243 e. The van der Waals surface area contributed by atoms with E-state index in [-0.39, 0.29) is 16.8 Å². The Labute approximate surface area is 160 Å². The lowest BCUT2D eigenvalue weighted by Gasteiger charge is -2.34. The zero-order valence-electron chi connectivity index (χ0n) is 15.6. The van der Waals surface area contributed by atoms with Gasteiger partial charge in [-0.05, 0) is 55.8 Å². The molecule has 0 saturated carbocycles. The zero-order chi connectivity index (χ0) is 19.4. The van der Waals surface area contributed by atoms with Gasteiger partial charge in [0.1, 0.15) is 11.6 Å². The molecule has 7 heteroatoms. The van der Waals surface area contributed by atoms with Gasteiger partial charge in [0.2, 0.25) is 10.0 Å². The minimum absolute atomic E-state index is 0.0432. The van der Waals surface area contributed by atoms with Crippen molar-refractivity contribution < 1.29 is 17.5 Å². The average molecular weight is 392 g/mol. The highest BCUT2D eigenvalue weighted by atomic mass is 32.2. The van der Waals surface area contributed by atoms with Gasteiger partial charge in [-0.2, -0.15) is 4.31 Å². The molecule has 0 radical (unpaired) electrons. The summed E-state index contributed by atoms with van der Waals surface area (Å²) in [6.45, 7) is 6.71. The number of hydrogen-bond donors (Lipinski definition) is 0. The lowest BCUT2D eigenvalue weighted by Crippen LogP contribution is -2.48. The van der Waals surface area contributed by atoms with Gasteiger partial charge in [-0.25, -0.2) is 12.8 Å². The van der Waals surface area contributed by atoms with Gasteiger partial charge in [0.15, 0.2) is 0 Å². The van der Waals surface area contributed by atoms with Crippen LogP contribution in [0.2, 0.25) is 0 Å². The summed E-state index contributed by atoms with van der Waals surface area (Å²) in [7, 11) is -3.51. The van der Waals surface area contributed by atoms with E-state index in [4.69, 9.17) is 4.74 Å². The van der Waals surface area contributed by atoms with Crippen LogP contribution >= 0.6 is 0 Å². The molecule has 0 aliphatic carbocycles. The Morgan fingerprint density at radius 1 is 0.963 bits per heavy atom. The van der Waals surface area contributed by atoms with E-state index in [2.05, 4.69) is 4.90 Å². The van der Waals surface area contributed by atoms with Crippen LogP contribution in [-0.4, -0.2) is 49.9 Å². The summed E-state index contributed by atoms with van der Waals surface area (Å²) in [5.41, 5.74) is 1.02. The second kappa shape index (κ2) is 8.37. The molecule has 0 bridgehead atoms. The van der Waals surface area contributed by atoms with Crippen LogP contribution in [0.5, 0.6) is 5.75 Å². The van der Waals surface area contributed by atoms with Crippen molar-refractivity contribution in [3.05, 3.63) is 59.9 Å². The number of sulfonamides is 1. The molecule has 0 spiro atoms. The Bertz CT molecular complexity index is 844. The van der Waals surface area contributed by atoms with E-state index < -0.39 is 10.0 Å². The summed E-state index contributed by atoms with van der Waals surface area (Å²) in [4.78, 5) is 2.46. The highest BCUT2D eigenvalue weighted by Crippen LogP contribution is 2.22. The lowest BCUT2D eigenvalue weighted by atomic mass is 10.2. The zero-order valence-corrected chi connectivity index (χ0v) is 16.5. The summed E-state index contributed by atoms with van der Waals surface area (Å²) in [6.07, 6.45) is 0.0432. The topological polar surface area (TPSA) is 49.9 Å². The van der Waals surface area contributed by atoms with Crippen LogP contribution < -0.4 is 4.74 Å². The molecule has 0 amide bonds. The molecule has 1 fully saturated rings. The van der Waals surface area contributed by atoms with Crippen molar-refractivity contribution in [1.82, 2.24) is 9.21 Å². The van der Waals surface area contributed by atoms with Crippen molar-refractivity contribution in [1.29, 1.82) is 0 Å². The predicted octanol–water partition coefficient (Wildman–Crippen LogP) is 3.12. The molecule has 27 heavy (non-hydrogen) atoms. The van der Waals surface area contributed by atoms with Crippen LogP contribution in [0.3, 0.4) is 0 Å². The number of halogens is 1. The van der Waals surface area contributed by atoms with E-state index in [0.29, 0.717) is 38.5 Å². The highest BCUT2D eigenvalue weighted by Gasteiger charge is 2.28. The molecule has 146 valence electrons. The fourth-order valence-electron chi connectivity index (χ4n) is 3.09. The standard InChI is InChI=1S/C20H25FN2O3S/c1-16(2)26-19-7-9-20(10-8-19)27(24,25)23-13-11-22(12-14-23)15-17-3-5-18(21)6-4-17/h3-10,16H,11-15H2,1-2H3. The van der Waals surface area contributed by atoms with E-state index >= 15 is 0 Å². The average Bonchev–Trinajstić information content (AvgIpc) is 2.64. The maximum absolute atomic E-state index is 13.0. The van der Waals surface area contributed by atoms with Crippen LogP contribution in [0.25, 0.3) is 0 Å². The number of ether oxygens (including phenoxy) is 1. The minimum atomic E-state index is -3.51. The molecule has 1 saturated heterocycles. The molecular formula is C20H25FN2O3S. The minimum Gasteiger partial charge on any atom is -0.491 e. The maximum Gasteiger partial charge on any atom is 0.243 e. The third kappa shape index (κ3) is 5.06. The monoisotopic (exact) mass is 392 g/mol. The summed E-state index contributed by atoms with van der Waals surface area (Å²) >= 11 is 0. The summed E-state index contributed by atoms with van der Waals surface area (Å²) in [5.74, 6) is 0.410. The van der Waals surface area contributed by atoms with Gasteiger partial charge in [0, 0.05) is 32.7 Å². The Kier molecular flexibility index (Phi) is 6.14. The molecule has 0 atom stereocenters. The van der Waals surface area contributed by atoms with E-state index in [0.717, 1.165) is 5.56 Å². The van der Waals surface area contributed by atoms with Gasteiger partial charge in [-0.15, -0.1) is 0 Å². The van der Waals surface area contributed by atoms with Crippen molar-refractivity contribution in [3.8, 4) is 5.75 Å². The van der Waals surface area contributed by atoms with Gasteiger partial charge in [-0.3, -0.25) is 4.90 Å². The second-order valence-electron chi connectivity index (χ2n) is 6.94. The number of nitrogens with zero attached hydrogens (tertiary/aromatic N) is 2. The molecule has 2 aromatic rings. The number of piperazine rings is 1. The predicted molar refractivity (Wildman–Crippen MR) is 103 cm³/mol. The Morgan fingerprint density at radius 2 is 1.56 bits per heavy atom. The van der Waals surface area contributed by atoms with Crippen molar-refractivity contribution in [3.63, 3.8) is 0 Å². The molecule has 1 aliphatic rings. The molecule has 0 N–H and O–H groups in total. The van der Waals surface area contributed by atoms with E-state index in [1.54, 1.807) is 36.4 Å². The van der Waals surface area contributed by atoms with Gasteiger partial charge < -0.3 is 4.74 Å². The van der Waals surface area contributed by atoms with Crippen LogP contribution in [0.1, 0.15) is 19.4 Å². The second-order valence-corrected chi connectivity index (χ2v) is 8.88. The summed E-state index contributed by atoms with van der Waals surface area (Å²) in [5, 5.41) is 0. The molecule has 0 unspecified atom stereocenters. The number of benzene rings is 2. The van der Waals surface area contributed by atoms with Crippen molar-refractivity contribution >= 4 is 10.0 Å². The normalized spacial score (nSPS) is 16.6. The quantitative estimate of drug-likeness (QED) is 0.758. The van der Waals surface area contributed by atoms with E-state index in [1.807, 2.05) is 13.8 Å². The Hall–Kier alpha value is -1.96. The Morgan fingerprint density at radius 3 is 2.11 bits per heavy atom. The molecule has 2 aromatic carbocycles. The van der Waals surface area contributed by atoms with Crippen molar-refractivity contribution in [2.75, 3.05) is 26.2 Å². The largest absolute Gasteiger partial charge is 0.491 e. The van der Waals surface area contributed by atoms with Crippen LogP contribution in [0.4, 0.5) is 4.39 Å². The Balaban J connectivity index is 1.59. The van der Waals surface area contributed by atoms with Crippen LogP contribution in [0, 0.1) is 5.82 Å². The summed E-state index contributed by atoms with van der Waals surface area (Å²) in [6, 6.07) is 13.0. The number of hydrogen-bond acceptors (Lipinski definition) is 4. The third-order valence-electron chi connectivity index (χ3n) is 4.48. The first-order valence-corrected chi connectivity index (χ1v) is 10.5. The van der Waals surface area contributed by atoms with Crippen molar-refractivity contribution in [2.24, 2.45) is 0 Å². The molecule has 5 nitrogen and oxygen atoms in total.